The van der Waals surface area contributed by atoms with E-state index in [2.05, 4.69) is 0 Å². The van der Waals surface area contributed by atoms with Crippen molar-refractivity contribution in [3.63, 3.8) is 0 Å². The van der Waals surface area contributed by atoms with Gasteiger partial charge in [-0.2, -0.15) is 8.42 Å². The van der Waals surface area contributed by atoms with Gasteiger partial charge >= 0.3 is 10.1 Å². The summed E-state index contributed by atoms with van der Waals surface area (Å²) >= 11 is 2.43. The summed E-state index contributed by atoms with van der Waals surface area (Å²) in [5.41, 5.74) is 0.427. The lowest BCUT2D eigenvalue weighted by Crippen LogP contribution is -2.12. The smallest absolute Gasteiger partial charge is 0.294 e. The number of thioether (sulfide) groups is 1. The highest BCUT2D eigenvalue weighted by atomic mass is 32.3. The standard InChI is InChI=1S/C8H8O4S3.C2H6/c1-4-2-6(9)5-3-7(15(10,11)12)14-8(5)13-4;1-2/h3-4H,2H2,1H3,(H,10,11,12);1-2H3. The van der Waals surface area contributed by atoms with E-state index < -0.39 is 10.1 Å². The number of thiophene rings is 1. The Kier molecular flexibility index (Phi) is 4.77. The number of hydrogen-bond acceptors (Lipinski definition) is 5. The minimum absolute atomic E-state index is 0.0533. The van der Waals surface area contributed by atoms with Gasteiger partial charge < -0.3 is 0 Å². The van der Waals surface area contributed by atoms with Gasteiger partial charge in [-0.05, 0) is 6.07 Å². The SMILES string of the molecule is CC.CC1CC(=O)c2cc(S(=O)(=O)O)sc2S1. The zero-order valence-electron chi connectivity index (χ0n) is 9.76. The summed E-state index contributed by atoms with van der Waals surface area (Å²) in [6, 6.07) is 1.26. The fourth-order valence-electron chi connectivity index (χ4n) is 1.36. The highest BCUT2D eigenvalue weighted by molar-refractivity contribution is 8.02. The summed E-state index contributed by atoms with van der Waals surface area (Å²) < 4.78 is 31.2. The number of carbonyl (C=O) groups excluding carboxylic acids is 1. The fourth-order valence-corrected chi connectivity index (χ4v) is 4.95. The van der Waals surface area contributed by atoms with Crippen LogP contribution in [0.5, 0.6) is 0 Å². The first-order valence-corrected chi connectivity index (χ1v) is 8.32. The fraction of sp³-hybridized carbons (Fsp3) is 0.500. The van der Waals surface area contributed by atoms with Crippen LogP contribution in [0.15, 0.2) is 14.5 Å². The predicted octanol–water partition coefficient (Wildman–Crippen LogP) is 3.09. The summed E-state index contributed by atoms with van der Waals surface area (Å²) in [6.07, 6.45) is 0.416. The molecule has 1 unspecified atom stereocenters. The molecule has 7 heteroatoms. The van der Waals surface area contributed by atoms with Gasteiger partial charge in [0.25, 0.3) is 0 Å². The van der Waals surface area contributed by atoms with E-state index in [-0.39, 0.29) is 15.2 Å². The van der Waals surface area contributed by atoms with Crippen molar-refractivity contribution in [3.05, 3.63) is 11.6 Å². The van der Waals surface area contributed by atoms with E-state index in [0.29, 0.717) is 16.2 Å². The van der Waals surface area contributed by atoms with Gasteiger partial charge in [-0.15, -0.1) is 23.1 Å². The van der Waals surface area contributed by atoms with Crippen molar-refractivity contribution < 1.29 is 17.8 Å². The molecule has 0 fully saturated rings. The largest absolute Gasteiger partial charge is 0.304 e. The van der Waals surface area contributed by atoms with Crippen molar-refractivity contribution in [2.24, 2.45) is 0 Å². The first kappa shape index (κ1) is 14.7. The second-order valence-corrected chi connectivity index (χ2v) is 7.71. The Bertz CT molecular complexity index is 516. The van der Waals surface area contributed by atoms with Gasteiger partial charge in [-0.1, -0.05) is 20.8 Å². The van der Waals surface area contributed by atoms with E-state index in [9.17, 15) is 13.2 Å². The summed E-state index contributed by atoms with van der Waals surface area (Å²) in [5.74, 6) is -0.0533. The molecule has 0 saturated carbocycles. The average Bonchev–Trinajstić information content (AvgIpc) is 2.64. The molecule has 0 aliphatic carbocycles. The number of carbonyl (C=O) groups is 1. The third kappa shape index (κ3) is 3.31. The molecule has 2 rings (SSSR count). The van der Waals surface area contributed by atoms with Crippen LogP contribution in [0.1, 0.15) is 37.6 Å². The number of hydrogen-bond donors (Lipinski definition) is 1. The number of fused-ring (bicyclic) bond motifs is 1. The van der Waals surface area contributed by atoms with Crippen LogP contribution in [0, 0.1) is 0 Å². The van der Waals surface area contributed by atoms with Gasteiger partial charge in [0.15, 0.2) is 5.78 Å². The van der Waals surface area contributed by atoms with Crippen LogP contribution < -0.4 is 0 Å². The lowest BCUT2D eigenvalue weighted by Gasteiger charge is -2.15. The average molecular weight is 294 g/mol. The first-order chi connectivity index (χ1) is 7.88. The molecule has 4 nitrogen and oxygen atoms in total. The van der Waals surface area contributed by atoms with Crippen LogP contribution in [0.2, 0.25) is 0 Å². The van der Waals surface area contributed by atoms with E-state index in [1.807, 2.05) is 20.8 Å². The summed E-state index contributed by atoms with van der Waals surface area (Å²) in [6.45, 7) is 5.92. The van der Waals surface area contributed by atoms with Crippen LogP contribution >= 0.6 is 23.1 Å². The molecule has 17 heavy (non-hydrogen) atoms. The predicted molar refractivity (Wildman–Crippen MR) is 69.7 cm³/mol. The minimum atomic E-state index is -4.18. The van der Waals surface area contributed by atoms with Gasteiger partial charge in [0.05, 0.1) is 4.21 Å². The third-order valence-electron chi connectivity index (χ3n) is 2.01. The van der Waals surface area contributed by atoms with Crippen molar-refractivity contribution in [1.29, 1.82) is 0 Å². The molecule has 0 amide bonds. The van der Waals surface area contributed by atoms with E-state index in [4.69, 9.17) is 4.55 Å². The zero-order chi connectivity index (χ0) is 13.2. The molecule has 1 aliphatic rings. The lowest BCUT2D eigenvalue weighted by atomic mass is 10.1. The second kappa shape index (κ2) is 5.51. The molecule has 2 heterocycles. The Hall–Kier alpha value is -0.370. The molecule has 1 aromatic heterocycles. The molecule has 0 bridgehead atoms. The van der Waals surface area contributed by atoms with E-state index in [0.717, 1.165) is 11.3 Å². The van der Waals surface area contributed by atoms with Crippen LogP contribution in [0.3, 0.4) is 0 Å². The summed E-state index contributed by atoms with van der Waals surface area (Å²) in [5, 5.41) is 0.165. The molecule has 1 atom stereocenters. The maximum atomic E-state index is 11.6. The molecule has 0 radical (unpaired) electrons. The first-order valence-electron chi connectivity index (χ1n) is 5.19. The monoisotopic (exact) mass is 294 g/mol. The maximum absolute atomic E-state index is 11.6. The Morgan fingerprint density at radius 2 is 2.00 bits per heavy atom. The van der Waals surface area contributed by atoms with Gasteiger partial charge in [0.1, 0.15) is 4.21 Å². The van der Waals surface area contributed by atoms with Crippen molar-refractivity contribution in [3.8, 4) is 0 Å². The van der Waals surface area contributed by atoms with Gasteiger partial charge in [-0.25, -0.2) is 0 Å². The Balaban J connectivity index is 0.000000686. The van der Waals surface area contributed by atoms with Crippen molar-refractivity contribution >= 4 is 39.0 Å². The normalized spacial score (nSPS) is 19.3. The van der Waals surface area contributed by atoms with Crippen LogP contribution in [0.25, 0.3) is 0 Å². The van der Waals surface area contributed by atoms with Crippen molar-refractivity contribution in [2.75, 3.05) is 0 Å². The molecule has 0 aromatic carbocycles. The van der Waals surface area contributed by atoms with Crippen LogP contribution in [-0.4, -0.2) is 24.0 Å². The van der Waals surface area contributed by atoms with Crippen molar-refractivity contribution in [2.45, 2.75) is 40.9 Å². The van der Waals surface area contributed by atoms with E-state index in [1.54, 1.807) is 0 Å². The van der Waals surface area contributed by atoms with E-state index in [1.165, 1.54) is 17.8 Å². The molecular weight excluding hydrogens is 280 g/mol. The maximum Gasteiger partial charge on any atom is 0.304 e. The topological polar surface area (TPSA) is 71.4 Å². The minimum Gasteiger partial charge on any atom is -0.294 e. The number of Topliss-reactive ketones (excluding diaryl/α,β-unsaturated/α-hetero) is 1. The molecule has 1 aliphatic heterocycles. The zero-order valence-corrected chi connectivity index (χ0v) is 12.2. The molecular formula is C10H14O4S3. The Morgan fingerprint density at radius 3 is 2.53 bits per heavy atom. The third-order valence-corrected chi connectivity index (χ3v) is 5.79. The van der Waals surface area contributed by atoms with Gasteiger partial charge in [0.2, 0.25) is 0 Å². The van der Waals surface area contributed by atoms with E-state index >= 15 is 0 Å². The lowest BCUT2D eigenvalue weighted by molar-refractivity contribution is 0.0979. The van der Waals surface area contributed by atoms with Crippen molar-refractivity contribution in [1.82, 2.24) is 0 Å². The molecule has 1 N–H and O–H groups in total. The number of rotatable bonds is 1. The second-order valence-electron chi connectivity index (χ2n) is 3.30. The van der Waals surface area contributed by atoms with Gasteiger partial charge in [-0.3, -0.25) is 9.35 Å². The quantitative estimate of drug-likeness (QED) is 0.806. The molecule has 0 spiro atoms. The molecule has 1 aromatic rings. The van der Waals surface area contributed by atoms with Gasteiger partial charge in [0, 0.05) is 17.2 Å². The Morgan fingerprint density at radius 1 is 1.41 bits per heavy atom. The Labute approximate surface area is 109 Å². The highest BCUT2D eigenvalue weighted by Gasteiger charge is 2.28. The highest BCUT2D eigenvalue weighted by Crippen LogP contribution is 2.41. The van der Waals surface area contributed by atoms with Crippen LogP contribution in [-0.2, 0) is 10.1 Å². The summed E-state index contributed by atoms with van der Waals surface area (Å²) in [7, 11) is -4.18. The molecule has 0 saturated heterocycles. The van der Waals surface area contributed by atoms with Crippen LogP contribution in [0.4, 0.5) is 0 Å². The molecule has 96 valence electrons. The summed E-state index contributed by atoms with van der Waals surface area (Å²) in [4.78, 5) is 11.6. The number of ketones is 1.